The summed E-state index contributed by atoms with van der Waals surface area (Å²) in [7, 11) is 0. The van der Waals surface area contributed by atoms with E-state index in [1.54, 1.807) is 6.07 Å². The van der Waals surface area contributed by atoms with Gasteiger partial charge in [-0.1, -0.05) is 6.92 Å². The van der Waals surface area contributed by atoms with Crippen molar-refractivity contribution in [1.82, 2.24) is 0 Å². The summed E-state index contributed by atoms with van der Waals surface area (Å²) in [6.07, 6.45) is 2.23. The van der Waals surface area contributed by atoms with Crippen LogP contribution in [0.4, 0.5) is 5.69 Å². The molecule has 0 fully saturated rings. The van der Waals surface area contributed by atoms with Crippen LogP contribution in [0.2, 0.25) is 0 Å². The summed E-state index contributed by atoms with van der Waals surface area (Å²) in [4.78, 5) is 11.1. The lowest BCUT2D eigenvalue weighted by Gasteiger charge is -2.10. The molecule has 0 saturated heterocycles. The number of nitrogens with one attached hydrogen (secondary N) is 1. The van der Waals surface area contributed by atoms with Crippen LogP contribution in [0.1, 0.15) is 19.8 Å². The lowest BCUT2D eigenvalue weighted by Crippen LogP contribution is -2.12. The van der Waals surface area contributed by atoms with Crippen molar-refractivity contribution in [1.29, 1.82) is 0 Å². The third-order valence-electron chi connectivity index (χ3n) is 3.22. The maximum atomic E-state index is 11.1. The van der Waals surface area contributed by atoms with E-state index in [9.17, 15) is 4.79 Å². The third-order valence-corrected chi connectivity index (χ3v) is 3.22. The molecule has 1 unspecified atom stereocenters. The molecular formula is C15H20N2O2. The first-order valence-corrected chi connectivity index (χ1v) is 6.67. The molecule has 4 nitrogen and oxygen atoms in total. The molecule has 0 aliphatic carbocycles. The van der Waals surface area contributed by atoms with E-state index in [0.29, 0.717) is 11.5 Å². The van der Waals surface area contributed by atoms with Crippen molar-refractivity contribution in [2.45, 2.75) is 19.8 Å². The van der Waals surface area contributed by atoms with Gasteiger partial charge in [0.2, 0.25) is 0 Å². The molecule has 1 atom stereocenters. The van der Waals surface area contributed by atoms with Crippen LogP contribution in [0.15, 0.2) is 39.5 Å². The number of anilines is 1. The SMILES string of the molecule is CC(CN)CCCNc1ccc2oc(=O)ccc2c1. The summed E-state index contributed by atoms with van der Waals surface area (Å²) >= 11 is 0. The standard InChI is InChI=1S/C15H20N2O2/c1-11(10-16)3-2-8-17-13-5-6-14-12(9-13)4-7-15(18)19-14/h4-7,9,11,17H,2-3,8,10,16H2,1H3. The quantitative estimate of drug-likeness (QED) is 0.618. The van der Waals surface area contributed by atoms with Gasteiger partial charge < -0.3 is 15.5 Å². The van der Waals surface area contributed by atoms with E-state index in [1.807, 2.05) is 18.2 Å². The summed E-state index contributed by atoms with van der Waals surface area (Å²) in [5.74, 6) is 0.577. The fraction of sp³-hybridized carbons (Fsp3) is 0.400. The molecule has 1 heterocycles. The van der Waals surface area contributed by atoms with Gasteiger partial charge in [0.15, 0.2) is 0 Å². The average molecular weight is 260 g/mol. The van der Waals surface area contributed by atoms with Gasteiger partial charge in [-0.25, -0.2) is 4.79 Å². The fourth-order valence-corrected chi connectivity index (χ4v) is 1.98. The Morgan fingerprint density at radius 3 is 2.95 bits per heavy atom. The third kappa shape index (κ3) is 3.83. The number of nitrogens with two attached hydrogens (primary N) is 1. The number of benzene rings is 1. The van der Waals surface area contributed by atoms with Crippen LogP contribution in [0.5, 0.6) is 0 Å². The molecule has 0 spiro atoms. The van der Waals surface area contributed by atoms with Gasteiger partial charge in [0.25, 0.3) is 0 Å². The second kappa shape index (κ2) is 6.38. The van der Waals surface area contributed by atoms with Gasteiger partial charge in [0, 0.05) is 23.7 Å². The number of hydrogen-bond donors (Lipinski definition) is 2. The highest BCUT2D eigenvalue weighted by Crippen LogP contribution is 2.17. The highest BCUT2D eigenvalue weighted by Gasteiger charge is 2.00. The Morgan fingerprint density at radius 2 is 2.16 bits per heavy atom. The van der Waals surface area contributed by atoms with Crippen LogP contribution in [-0.2, 0) is 0 Å². The van der Waals surface area contributed by atoms with E-state index in [1.165, 1.54) is 6.07 Å². The predicted octanol–water partition coefficient (Wildman–Crippen LogP) is 2.58. The molecule has 0 aliphatic heterocycles. The zero-order valence-corrected chi connectivity index (χ0v) is 11.2. The maximum Gasteiger partial charge on any atom is 0.336 e. The Kier molecular flexibility index (Phi) is 4.58. The zero-order valence-electron chi connectivity index (χ0n) is 11.2. The first-order valence-electron chi connectivity index (χ1n) is 6.67. The van der Waals surface area contributed by atoms with Gasteiger partial charge >= 0.3 is 5.63 Å². The molecule has 1 aromatic carbocycles. The molecule has 4 heteroatoms. The predicted molar refractivity (Wildman–Crippen MR) is 78.4 cm³/mol. The largest absolute Gasteiger partial charge is 0.423 e. The van der Waals surface area contributed by atoms with Crippen LogP contribution < -0.4 is 16.7 Å². The van der Waals surface area contributed by atoms with Gasteiger partial charge in [0.1, 0.15) is 5.58 Å². The summed E-state index contributed by atoms with van der Waals surface area (Å²) in [5.41, 5.74) is 6.93. The fourth-order valence-electron chi connectivity index (χ4n) is 1.98. The Bertz CT molecular complexity index is 592. The van der Waals surface area contributed by atoms with Crippen molar-refractivity contribution in [3.63, 3.8) is 0 Å². The average Bonchev–Trinajstić information content (AvgIpc) is 2.43. The van der Waals surface area contributed by atoms with E-state index in [-0.39, 0.29) is 5.63 Å². The smallest absolute Gasteiger partial charge is 0.336 e. The summed E-state index contributed by atoms with van der Waals surface area (Å²) in [5, 5.41) is 4.30. The lowest BCUT2D eigenvalue weighted by atomic mass is 10.1. The molecule has 1 aromatic heterocycles. The van der Waals surface area contributed by atoms with E-state index in [2.05, 4.69) is 12.2 Å². The minimum Gasteiger partial charge on any atom is -0.423 e. The maximum absolute atomic E-state index is 11.1. The minimum atomic E-state index is -0.316. The van der Waals surface area contributed by atoms with Crippen molar-refractivity contribution in [3.8, 4) is 0 Å². The molecule has 0 radical (unpaired) electrons. The normalized spacial score (nSPS) is 12.5. The van der Waals surface area contributed by atoms with Crippen molar-refractivity contribution in [2.24, 2.45) is 11.7 Å². The molecule has 2 rings (SSSR count). The topological polar surface area (TPSA) is 68.3 Å². The van der Waals surface area contributed by atoms with Gasteiger partial charge in [-0.05, 0) is 49.6 Å². The first-order chi connectivity index (χ1) is 9.19. The van der Waals surface area contributed by atoms with Crippen molar-refractivity contribution < 1.29 is 4.42 Å². The first kappa shape index (κ1) is 13.6. The van der Waals surface area contributed by atoms with Gasteiger partial charge in [-0.2, -0.15) is 0 Å². The molecule has 0 saturated carbocycles. The van der Waals surface area contributed by atoms with Crippen molar-refractivity contribution in [2.75, 3.05) is 18.4 Å². The Balaban J connectivity index is 1.94. The van der Waals surface area contributed by atoms with E-state index in [0.717, 1.165) is 37.0 Å². The van der Waals surface area contributed by atoms with Gasteiger partial charge in [-0.15, -0.1) is 0 Å². The Hall–Kier alpha value is -1.81. The second-order valence-corrected chi connectivity index (χ2v) is 4.92. The Morgan fingerprint density at radius 1 is 1.32 bits per heavy atom. The van der Waals surface area contributed by atoms with Crippen molar-refractivity contribution in [3.05, 3.63) is 40.8 Å². The summed E-state index contributed by atoms with van der Waals surface area (Å²) in [6.45, 7) is 3.83. The molecule has 0 aliphatic rings. The van der Waals surface area contributed by atoms with Crippen LogP contribution in [-0.4, -0.2) is 13.1 Å². The van der Waals surface area contributed by atoms with Crippen LogP contribution >= 0.6 is 0 Å². The summed E-state index contributed by atoms with van der Waals surface area (Å²) < 4.78 is 5.09. The molecule has 2 aromatic rings. The Labute approximate surface area is 112 Å². The summed E-state index contributed by atoms with van der Waals surface area (Å²) in [6, 6.07) is 8.96. The molecule has 19 heavy (non-hydrogen) atoms. The van der Waals surface area contributed by atoms with E-state index >= 15 is 0 Å². The van der Waals surface area contributed by atoms with Crippen LogP contribution in [0.3, 0.4) is 0 Å². The molecule has 0 bridgehead atoms. The van der Waals surface area contributed by atoms with Crippen LogP contribution in [0.25, 0.3) is 11.0 Å². The van der Waals surface area contributed by atoms with E-state index < -0.39 is 0 Å². The number of fused-ring (bicyclic) bond motifs is 1. The zero-order chi connectivity index (χ0) is 13.7. The molecule has 0 amide bonds. The number of rotatable bonds is 6. The lowest BCUT2D eigenvalue weighted by molar-refractivity contribution is 0.529. The minimum absolute atomic E-state index is 0.316. The van der Waals surface area contributed by atoms with Gasteiger partial charge in [-0.3, -0.25) is 0 Å². The highest BCUT2D eigenvalue weighted by molar-refractivity contribution is 5.80. The number of hydrogen-bond acceptors (Lipinski definition) is 4. The molecule has 3 N–H and O–H groups in total. The van der Waals surface area contributed by atoms with Gasteiger partial charge in [0.05, 0.1) is 0 Å². The molecular weight excluding hydrogens is 240 g/mol. The van der Waals surface area contributed by atoms with E-state index in [4.69, 9.17) is 10.2 Å². The highest BCUT2D eigenvalue weighted by atomic mass is 16.4. The molecule has 102 valence electrons. The van der Waals surface area contributed by atoms with Crippen LogP contribution in [0, 0.1) is 5.92 Å². The second-order valence-electron chi connectivity index (χ2n) is 4.92. The monoisotopic (exact) mass is 260 g/mol. The van der Waals surface area contributed by atoms with Crippen molar-refractivity contribution >= 4 is 16.7 Å².